The van der Waals surface area contributed by atoms with Crippen molar-refractivity contribution in [3.05, 3.63) is 33.3 Å². The zero-order valence-electron chi connectivity index (χ0n) is 10.1. The third-order valence-corrected chi connectivity index (χ3v) is 3.88. The second-order valence-corrected chi connectivity index (χ2v) is 5.76. The van der Waals surface area contributed by atoms with E-state index in [1.165, 1.54) is 0 Å². The Labute approximate surface area is 120 Å². The lowest BCUT2D eigenvalue weighted by atomic mass is 10.1. The second-order valence-electron chi connectivity index (χ2n) is 4.44. The molecule has 3 nitrogen and oxygen atoms in total. The molecule has 5 heteroatoms. The molecule has 1 aromatic carbocycles. The highest BCUT2D eigenvalue weighted by Crippen LogP contribution is 2.22. The van der Waals surface area contributed by atoms with Crippen LogP contribution in [0, 0.1) is 0 Å². The monoisotopic (exact) mass is 331 g/mol. The fourth-order valence-corrected chi connectivity index (χ4v) is 2.61. The summed E-state index contributed by atoms with van der Waals surface area (Å²) in [6.45, 7) is 2.74. The number of hydrogen-bond acceptors (Lipinski definition) is 2. The Balaban J connectivity index is 2.04. The predicted octanol–water partition coefficient (Wildman–Crippen LogP) is 3.40. The SMILES string of the molecule is C[C@@H](NC(=O)c1cc(Br)ccc1Cl)[C@H]1CCCO1. The van der Waals surface area contributed by atoms with Gasteiger partial charge in [0.2, 0.25) is 0 Å². The van der Waals surface area contributed by atoms with E-state index in [9.17, 15) is 4.79 Å². The molecule has 0 unspecified atom stereocenters. The molecule has 1 heterocycles. The average molecular weight is 333 g/mol. The fraction of sp³-hybridized carbons (Fsp3) is 0.462. The normalized spacial score (nSPS) is 20.7. The molecule has 1 fully saturated rings. The standard InChI is InChI=1S/C13H15BrClNO2/c1-8(12-3-2-6-18-12)16-13(17)10-7-9(14)4-5-11(10)15/h4-5,7-8,12H,2-3,6H2,1H3,(H,16,17)/t8-,12-/m1/s1. The van der Waals surface area contributed by atoms with Gasteiger partial charge in [0.05, 0.1) is 22.7 Å². The smallest absolute Gasteiger partial charge is 0.253 e. The zero-order valence-corrected chi connectivity index (χ0v) is 12.4. The third-order valence-electron chi connectivity index (χ3n) is 3.05. The Bertz CT molecular complexity index is 447. The van der Waals surface area contributed by atoms with E-state index in [1.807, 2.05) is 13.0 Å². The van der Waals surface area contributed by atoms with Crippen LogP contribution in [0.4, 0.5) is 0 Å². The first-order valence-corrected chi connectivity index (χ1v) is 7.12. The topological polar surface area (TPSA) is 38.3 Å². The van der Waals surface area contributed by atoms with Crippen LogP contribution in [0.25, 0.3) is 0 Å². The van der Waals surface area contributed by atoms with Crippen molar-refractivity contribution in [1.29, 1.82) is 0 Å². The van der Waals surface area contributed by atoms with E-state index >= 15 is 0 Å². The first-order valence-electron chi connectivity index (χ1n) is 5.95. The minimum Gasteiger partial charge on any atom is -0.376 e. The highest BCUT2D eigenvalue weighted by atomic mass is 79.9. The molecule has 1 N–H and O–H groups in total. The van der Waals surface area contributed by atoms with Crippen LogP contribution in [0.2, 0.25) is 5.02 Å². The molecule has 2 atom stereocenters. The maximum absolute atomic E-state index is 12.1. The molecule has 1 saturated heterocycles. The molecular weight excluding hydrogens is 318 g/mol. The number of benzene rings is 1. The van der Waals surface area contributed by atoms with Crippen LogP contribution in [0.15, 0.2) is 22.7 Å². The van der Waals surface area contributed by atoms with Crippen molar-refractivity contribution in [2.45, 2.75) is 31.9 Å². The van der Waals surface area contributed by atoms with Crippen molar-refractivity contribution in [1.82, 2.24) is 5.32 Å². The third kappa shape index (κ3) is 3.25. The summed E-state index contributed by atoms with van der Waals surface area (Å²) in [5.74, 6) is -0.163. The molecule has 0 aliphatic carbocycles. The van der Waals surface area contributed by atoms with Crippen molar-refractivity contribution < 1.29 is 9.53 Å². The molecule has 1 aliphatic heterocycles. The van der Waals surface area contributed by atoms with Gasteiger partial charge in [-0.2, -0.15) is 0 Å². The largest absolute Gasteiger partial charge is 0.376 e. The van der Waals surface area contributed by atoms with E-state index in [0.29, 0.717) is 10.6 Å². The summed E-state index contributed by atoms with van der Waals surface area (Å²) in [4.78, 5) is 12.1. The summed E-state index contributed by atoms with van der Waals surface area (Å²) in [5, 5.41) is 3.39. The predicted molar refractivity (Wildman–Crippen MR) is 75.1 cm³/mol. The first-order chi connectivity index (χ1) is 8.58. The molecule has 0 bridgehead atoms. The van der Waals surface area contributed by atoms with Gasteiger partial charge in [0.15, 0.2) is 0 Å². The molecule has 1 aliphatic rings. The van der Waals surface area contributed by atoms with Gasteiger partial charge >= 0.3 is 0 Å². The van der Waals surface area contributed by atoms with Gasteiger partial charge in [0.25, 0.3) is 5.91 Å². The molecule has 0 spiro atoms. The fourth-order valence-electron chi connectivity index (χ4n) is 2.05. The summed E-state index contributed by atoms with van der Waals surface area (Å²) < 4.78 is 6.38. The van der Waals surface area contributed by atoms with Crippen LogP contribution in [0.1, 0.15) is 30.1 Å². The Morgan fingerprint density at radius 2 is 2.39 bits per heavy atom. The van der Waals surface area contributed by atoms with Gasteiger partial charge in [0.1, 0.15) is 0 Å². The average Bonchev–Trinajstić information content (AvgIpc) is 2.85. The van der Waals surface area contributed by atoms with Crippen LogP contribution < -0.4 is 5.32 Å². The van der Waals surface area contributed by atoms with Crippen molar-refractivity contribution in [3.63, 3.8) is 0 Å². The number of rotatable bonds is 3. The van der Waals surface area contributed by atoms with E-state index in [-0.39, 0.29) is 18.1 Å². The van der Waals surface area contributed by atoms with E-state index in [1.54, 1.807) is 12.1 Å². The van der Waals surface area contributed by atoms with Gasteiger partial charge in [-0.3, -0.25) is 4.79 Å². The van der Waals surface area contributed by atoms with Gasteiger partial charge in [-0.25, -0.2) is 0 Å². The van der Waals surface area contributed by atoms with Gasteiger partial charge < -0.3 is 10.1 Å². The highest BCUT2D eigenvalue weighted by Gasteiger charge is 2.24. The molecule has 0 saturated carbocycles. The number of carbonyl (C=O) groups is 1. The Morgan fingerprint density at radius 1 is 1.61 bits per heavy atom. The summed E-state index contributed by atoms with van der Waals surface area (Å²) in [6.07, 6.45) is 2.16. The molecule has 98 valence electrons. The number of ether oxygens (including phenoxy) is 1. The zero-order chi connectivity index (χ0) is 13.1. The molecule has 2 rings (SSSR count). The number of carbonyl (C=O) groups excluding carboxylic acids is 1. The molecule has 1 aromatic rings. The maximum atomic E-state index is 12.1. The van der Waals surface area contributed by atoms with Gasteiger partial charge in [-0.05, 0) is 38.0 Å². The second kappa shape index (κ2) is 6.04. The molecule has 0 aromatic heterocycles. The first kappa shape index (κ1) is 13.8. The van der Waals surface area contributed by atoms with E-state index in [2.05, 4.69) is 21.2 Å². The lowest BCUT2D eigenvalue weighted by molar-refractivity contribution is 0.0712. The lowest BCUT2D eigenvalue weighted by Crippen LogP contribution is -2.40. The van der Waals surface area contributed by atoms with Gasteiger partial charge in [-0.15, -0.1) is 0 Å². The quantitative estimate of drug-likeness (QED) is 0.921. The van der Waals surface area contributed by atoms with Gasteiger partial charge in [-0.1, -0.05) is 27.5 Å². The number of halogens is 2. The molecular formula is C13H15BrClNO2. The molecule has 1 amide bonds. The summed E-state index contributed by atoms with van der Waals surface area (Å²) in [7, 11) is 0. The molecule has 18 heavy (non-hydrogen) atoms. The van der Waals surface area contributed by atoms with Crippen molar-refractivity contribution in [3.8, 4) is 0 Å². The summed E-state index contributed by atoms with van der Waals surface area (Å²) in [5.41, 5.74) is 0.482. The number of hydrogen-bond donors (Lipinski definition) is 1. The van der Waals surface area contributed by atoms with Crippen LogP contribution >= 0.6 is 27.5 Å². The van der Waals surface area contributed by atoms with Crippen LogP contribution in [-0.2, 0) is 4.74 Å². The Hall–Kier alpha value is -0.580. The maximum Gasteiger partial charge on any atom is 0.253 e. The van der Waals surface area contributed by atoms with E-state index in [4.69, 9.17) is 16.3 Å². The summed E-state index contributed by atoms with van der Waals surface area (Å²) >= 11 is 9.36. The Kier molecular flexibility index (Phi) is 4.65. The van der Waals surface area contributed by atoms with E-state index < -0.39 is 0 Å². The van der Waals surface area contributed by atoms with Crippen molar-refractivity contribution in [2.24, 2.45) is 0 Å². The number of nitrogens with one attached hydrogen (secondary N) is 1. The highest BCUT2D eigenvalue weighted by molar-refractivity contribution is 9.10. The molecule has 0 radical (unpaired) electrons. The van der Waals surface area contributed by atoms with Gasteiger partial charge in [0, 0.05) is 11.1 Å². The lowest BCUT2D eigenvalue weighted by Gasteiger charge is -2.20. The number of amides is 1. The van der Waals surface area contributed by atoms with Crippen molar-refractivity contribution in [2.75, 3.05) is 6.61 Å². The minimum absolute atomic E-state index is 0.00458. The van der Waals surface area contributed by atoms with Crippen molar-refractivity contribution >= 4 is 33.4 Å². The summed E-state index contributed by atoms with van der Waals surface area (Å²) in [6, 6.07) is 5.23. The Morgan fingerprint density at radius 3 is 3.06 bits per heavy atom. The van der Waals surface area contributed by atoms with Crippen LogP contribution in [-0.4, -0.2) is 24.7 Å². The van der Waals surface area contributed by atoms with E-state index in [0.717, 1.165) is 23.9 Å². The minimum atomic E-state index is -0.163. The van der Waals surface area contributed by atoms with Crippen LogP contribution in [0.5, 0.6) is 0 Å². The van der Waals surface area contributed by atoms with Crippen LogP contribution in [0.3, 0.4) is 0 Å².